The number of halogens is 1. The Kier molecular flexibility index (Phi) is 5.20. The summed E-state index contributed by atoms with van der Waals surface area (Å²) in [7, 11) is 1.70. The summed E-state index contributed by atoms with van der Waals surface area (Å²) in [5.41, 5.74) is 0.321. The predicted molar refractivity (Wildman–Crippen MR) is 89.2 cm³/mol. The van der Waals surface area contributed by atoms with Gasteiger partial charge in [0.2, 0.25) is 5.91 Å². The molecule has 1 aromatic heterocycles. The quantitative estimate of drug-likeness (QED) is 0.911. The van der Waals surface area contributed by atoms with Crippen molar-refractivity contribution in [1.82, 2.24) is 9.88 Å². The number of methoxy groups -OCH3 is 1. The summed E-state index contributed by atoms with van der Waals surface area (Å²) in [4.78, 5) is 18.9. The summed E-state index contributed by atoms with van der Waals surface area (Å²) in [5, 5.41) is 3.31. The second-order valence-corrected chi connectivity index (χ2v) is 6.73. The van der Waals surface area contributed by atoms with Crippen LogP contribution in [0.25, 0.3) is 10.2 Å². The average Bonchev–Trinajstić information content (AvgIpc) is 2.97. The number of amides is 1. The second-order valence-electron chi connectivity index (χ2n) is 5.70. The highest BCUT2D eigenvalue weighted by Gasteiger charge is 2.25. The highest BCUT2D eigenvalue weighted by Crippen LogP contribution is 2.28. The third-order valence-corrected chi connectivity index (χ3v) is 5.11. The van der Waals surface area contributed by atoms with Gasteiger partial charge in [0, 0.05) is 19.6 Å². The average molecular weight is 337 g/mol. The fourth-order valence-electron chi connectivity index (χ4n) is 2.81. The summed E-state index contributed by atoms with van der Waals surface area (Å²) in [6.07, 6.45) is 1.66. The van der Waals surface area contributed by atoms with Crippen LogP contribution in [0, 0.1) is 11.7 Å². The summed E-state index contributed by atoms with van der Waals surface area (Å²) >= 11 is 1.31. The Morgan fingerprint density at radius 1 is 1.48 bits per heavy atom. The Bertz CT molecular complexity index is 683. The number of rotatable bonds is 5. The van der Waals surface area contributed by atoms with Crippen molar-refractivity contribution in [3.63, 3.8) is 0 Å². The van der Waals surface area contributed by atoms with E-state index >= 15 is 0 Å². The van der Waals surface area contributed by atoms with Crippen LogP contribution in [0.5, 0.6) is 0 Å². The molecule has 23 heavy (non-hydrogen) atoms. The number of hydrogen-bond acceptors (Lipinski definition) is 5. The van der Waals surface area contributed by atoms with Gasteiger partial charge in [0.1, 0.15) is 11.3 Å². The van der Waals surface area contributed by atoms with Gasteiger partial charge in [0.05, 0.1) is 11.3 Å². The van der Waals surface area contributed by atoms with Crippen LogP contribution in [0.15, 0.2) is 18.2 Å². The molecule has 1 aliphatic heterocycles. The molecule has 0 atom stereocenters. The Hall–Kier alpha value is -1.57. The Labute approximate surface area is 138 Å². The first kappa shape index (κ1) is 16.3. The first-order chi connectivity index (χ1) is 11.2. The third-order valence-electron chi connectivity index (χ3n) is 4.17. The number of carbonyl (C=O) groups excluding carboxylic acids is 1. The van der Waals surface area contributed by atoms with Crippen LogP contribution in [-0.4, -0.2) is 49.1 Å². The number of carbonyl (C=O) groups is 1. The van der Waals surface area contributed by atoms with Gasteiger partial charge in [0.25, 0.3) is 0 Å². The third kappa shape index (κ3) is 3.85. The fraction of sp³-hybridized carbons (Fsp3) is 0.500. The summed E-state index contributed by atoms with van der Waals surface area (Å²) in [6, 6.07) is 4.83. The molecule has 0 unspecified atom stereocenters. The van der Waals surface area contributed by atoms with Crippen molar-refractivity contribution < 1.29 is 13.9 Å². The van der Waals surface area contributed by atoms with Gasteiger partial charge in [-0.05, 0) is 38.1 Å². The smallest absolute Gasteiger partial charge is 0.229 e. The molecule has 1 amide bonds. The van der Waals surface area contributed by atoms with Crippen LogP contribution < -0.4 is 5.32 Å². The maximum Gasteiger partial charge on any atom is 0.229 e. The molecule has 124 valence electrons. The maximum absolute atomic E-state index is 13.7. The standard InChI is InChI=1S/C16H20FN3O2S/c1-22-10-9-20-7-5-11(6-8-20)15(21)19-16-18-14-12(17)3-2-4-13(14)23-16/h2-4,11H,5-10H2,1H3,(H,18,19,21). The number of hydrogen-bond donors (Lipinski definition) is 1. The number of nitrogens with one attached hydrogen (secondary N) is 1. The number of thiazole rings is 1. The SMILES string of the molecule is COCCN1CCC(C(=O)Nc2nc3c(F)cccc3s2)CC1. The molecule has 0 aliphatic carbocycles. The minimum Gasteiger partial charge on any atom is -0.383 e. The molecule has 0 radical (unpaired) electrons. The van der Waals surface area contributed by atoms with Gasteiger partial charge in [-0.1, -0.05) is 17.4 Å². The first-order valence-electron chi connectivity index (χ1n) is 7.74. The van der Waals surface area contributed by atoms with E-state index in [1.165, 1.54) is 17.4 Å². The van der Waals surface area contributed by atoms with Gasteiger partial charge < -0.3 is 15.0 Å². The van der Waals surface area contributed by atoms with Crippen molar-refractivity contribution in [2.24, 2.45) is 5.92 Å². The number of likely N-dealkylation sites (tertiary alicyclic amines) is 1. The predicted octanol–water partition coefficient (Wildman–Crippen LogP) is 2.73. The molecule has 3 rings (SSSR count). The van der Waals surface area contributed by atoms with Crippen molar-refractivity contribution in [2.75, 3.05) is 38.7 Å². The molecular weight excluding hydrogens is 317 g/mol. The highest BCUT2D eigenvalue weighted by molar-refractivity contribution is 7.22. The van der Waals surface area contributed by atoms with Crippen molar-refractivity contribution in [1.29, 1.82) is 0 Å². The topological polar surface area (TPSA) is 54.5 Å². The number of fused-ring (bicyclic) bond motifs is 1. The molecule has 2 heterocycles. The molecule has 1 aromatic carbocycles. The lowest BCUT2D eigenvalue weighted by atomic mass is 9.96. The van der Waals surface area contributed by atoms with E-state index in [9.17, 15) is 9.18 Å². The van der Waals surface area contributed by atoms with Crippen LogP contribution in [0.4, 0.5) is 9.52 Å². The molecule has 7 heteroatoms. The number of benzene rings is 1. The molecule has 1 aliphatic rings. The first-order valence-corrected chi connectivity index (χ1v) is 8.56. The summed E-state index contributed by atoms with van der Waals surface area (Å²) in [5.74, 6) is -0.382. The molecule has 0 spiro atoms. The van der Waals surface area contributed by atoms with Gasteiger partial charge in [-0.3, -0.25) is 4.79 Å². The number of anilines is 1. The van der Waals surface area contributed by atoms with Crippen LogP contribution in [0.1, 0.15) is 12.8 Å². The van der Waals surface area contributed by atoms with E-state index in [1.54, 1.807) is 19.2 Å². The fourth-order valence-corrected chi connectivity index (χ4v) is 3.70. The monoisotopic (exact) mass is 337 g/mol. The number of para-hydroxylation sites is 1. The molecular formula is C16H20FN3O2S. The van der Waals surface area contributed by atoms with E-state index < -0.39 is 0 Å². The van der Waals surface area contributed by atoms with Crippen molar-refractivity contribution in [3.05, 3.63) is 24.0 Å². The summed E-state index contributed by atoms with van der Waals surface area (Å²) in [6.45, 7) is 3.42. The molecule has 1 N–H and O–H groups in total. The van der Waals surface area contributed by atoms with E-state index in [2.05, 4.69) is 15.2 Å². The minimum absolute atomic E-state index is 0.00865. The number of piperidine rings is 1. The van der Waals surface area contributed by atoms with Crippen LogP contribution >= 0.6 is 11.3 Å². The van der Waals surface area contributed by atoms with Gasteiger partial charge in [-0.25, -0.2) is 9.37 Å². The molecule has 0 bridgehead atoms. The Balaban J connectivity index is 1.57. The normalized spacial score (nSPS) is 16.8. The summed E-state index contributed by atoms with van der Waals surface area (Å²) < 4.78 is 19.5. The molecule has 0 saturated carbocycles. The minimum atomic E-state index is -0.356. The maximum atomic E-state index is 13.7. The van der Waals surface area contributed by atoms with Crippen LogP contribution in [0.3, 0.4) is 0 Å². The molecule has 1 fully saturated rings. The van der Waals surface area contributed by atoms with Gasteiger partial charge >= 0.3 is 0 Å². The van der Waals surface area contributed by atoms with Crippen LogP contribution in [0.2, 0.25) is 0 Å². The lowest BCUT2D eigenvalue weighted by Crippen LogP contribution is -2.39. The largest absolute Gasteiger partial charge is 0.383 e. The zero-order valence-electron chi connectivity index (χ0n) is 13.0. The van der Waals surface area contributed by atoms with Crippen molar-refractivity contribution in [3.8, 4) is 0 Å². The Morgan fingerprint density at radius 2 is 2.26 bits per heavy atom. The Morgan fingerprint density at radius 3 is 2.96 bits per heavy atom. The van der Waals surface area contributed by atoms with E-state index in [1.807, 2.05) is 0 Å². The van der Waals surface area contributed by atoms with E-state index in [0.29, 0.717) is 17.3 Å². The van der Waals surface area contributed by atoms with Crippen LogP contribution in [-0.2, 0) is 9.53 Å². The zero-order chi connectivity index (χ0) is 16.2. The van der Waals surface area contributed by atoms with Crippen molar-refractivity contribution in [2.45, 2.75) is 12.8 Å². The zero-order valence-corrected chi connectivity index (χ0v) is 13.9. The highest BCUT2D eigenvalue weighted by atomic mass is 32.1. The lowest BCUT2D eigenvalue weighted by molar-refractivity contribution is -0.121. The number of aromatic nitrogens is 1. The van der Waals surface area contributed by atoms with E-state index in [-0.39, 0.29) is 17.6 Å². The molecule has 1 saturated heterocycles. The van der Waals surface area contributed by atoms with Gasteiger partial charge in [-0.2, -0.15) is 0 Å². The van der Waals surface area contributed by atoms with Gasteiger partial charge in [-0.15, -0.1) is 0 Å². The van der Waals surface area contributed by atoms with E-state index in [4.69, 9.17) is 4.74 Å². The lowest BCUT2D eigenvalue weighted by Gasteiger charge is -2.30. The molecule has 2 aromatic rings. The second kappa shape index (κ2) is 7.33. The van der Waals surface area contributed by atoms with E-state index in [0.717, 1.165) is 37.2 Å². The number of ether oxygens (including phenoxy) is 1. The van der Waals surface area contributed by atoms with Crippen molar-refractivity contribution >= 4 is 32.6 Å². The number of nitrogens with zero attached hydrogens (tertiary/aromatic N) is 2. The van der Waals surface area contributed by atoms with Gasteiger partial charge in [0.15, 0.2) is 5.13 Å². The molecule has 5 nitrogen and oxygen atoms in total.